The highest BCUT2D eigenvalue weighted by Crippen LogP contribution is 2.22. The van der Waals surface area contributed by atoms with Gasteiger partial charge in [0.15, 0.2) is 0 Å². The molecule has 0 atom stereocenters. The van der Waals surface area contributed by atoms with E-state index in [0.717, 1.165) is 10.6 Å². The van der Waals surface area contributed by atoms with Crippen molar-refractivity contribution >= 4 is 17.4 Å². The quantitative estimate of drug-likeness (QED) is 0.784. The number of alkyl halides is 3. The Morgan fingerprint density at radius 2 is 2.11 bits per heavy atom. The van der Waals surface area contributed by atoms with Crippen LogP contribution in [0.1, 0.15) is 25.6 Å². The fourth-order valence-electron chi connectivity index (χ4n) is 1.55. The summed E-state index contributed by atoms with van der Waals surface area (Å²) >= 11 is 5.60. The average Bonchev–Trinajstić information content (AvgIpc) is 2.20. The zero-order chi connectivity index (χ0) is 14.6. The second-order valence-electron chi connectivity index (χ2n) is 4.09. The minimum Gasteiger partial charge on any atom is -0.298 e. The summed E-state index contributed by atoms with van der Waals surface area (Å²) in [5, 5.41) is -0.0909. The van der Waals surface area contributed by atoms with Crippen LogP contribution in [0.5, 0.6) is 0 Å². The van der Waals surface area contributed by atoms with Gasteiger partial charge >= 0.3 is 6.18 Å². The van der Waals surface area contributed by atoms with Crippen LogP contribution in [0.25, 0.3) is 0 Å². The summed E-state index contributed by atoms with van der Waals surface area (Å²) in [6, 6.07) is 1.03. The van der Waals surface area contributed by atoms with Gasteiger partial charge < -0.3 is 0 Å². The molecule has 0 spiro atoms. The molecule has 0 fully saturated rings. The first-order chi connectivity index (χ1) is 8.69. The van der Waals surface area contributed by atoms with Crippen LogP contribution in [0.3, 0.4) is 0 Å². The highest BCUT2D eigenvalue weighted by molar-refractivity contribution is 6.29. The normalized spacial score (nSPS) is 11.6. The second kappa shape index (κ2) is 6.18. The molecule has 0 aliphatic carbocycles. The summed E-state index contributed by atoms with van der Waals surface area (Å²) in [4.78, 5) is 26.5. The molecule has 0 radical (unpaired) electrons. The van der Waals surface area contributed by atoms with Crippen LogP contribution in [-0.2, 0) is 17.8 Å². The SMILES string of the molecule is CC(=O)Cn1c(CCCC(F)(F)F)nc(Cl)cc1=O. The zero-order valence-electron chi connectivity index (χ0n) is 10.1. The number of hydrogen-bond acceptors (Lipinski definition) is 3. The number of hydrogen-bond donors (Lipinski definition) is 0. The number of Topliss-reactive ketones (excluding diaryl/α,β-unsaturated/α-hetero) is 1. The summed E-state index contributed by atoms with van der Waals surface area (Å²) in [7, 11) is 0. The average molecular weight is 297 g/mol. The molecule has 1 rings (SSSR count). The lowest BCUT2D eigenvalue weighted by Gasteiger charge is -2.11. The van der Waals surface area contributed by atoms with Crippen molar-refractivity contribution in [3.05, 3.63) is 27.4 Å². The third-order valence-electron chi connectivity index (χ3n) is 2.30. The smallest absolute Gasteiger partial charge is 0.298 e. The molecule has 1 aromatic rings. The molecule has 0 aliphatic heterocycles. The number of ketones is 1. The lowest BCUT2D eigenvalue weighted by Crippen LogP contribution is -2.27. The third kappa shape index (κ3) is 5.42. The van der Waals surface area contributed by atoms with E-state index in [9.17, 15) is 22.8 Å². The van der Waals surface area contributed by atoms with Gasteiger partial charge in [-0.05, 0) is 13.3 Å². The van der Waals surface area contributed by atoms with Gasteiger partial charge in [0.2, 0.25) is 0 Å². The Morgan fingerprint density at radius 3 is 2.63 bits per heavy atom. The Bertz CT molecular complexity index is 526. The van der Waals surface area contributed by atoms with Gasteiger partial charge in [-0.15, -0.1) is 0 Å². The molecule has 4 nitrogen and oxygen atoms in total. The second-order valence-corrected chi connectivity index (χ2v) is 4.48. The van der Waals surface area contributed by atoms with Gasteiger partial charge in [0.25, 0.3) is 5.56 Å². The highest BCUT2D eigenvalue weighted by atomic mass is 35.5. The maximum Gasteiger partial charge on any atom is 0.389 e. The first kappa shape index (κ1) is 15.7. The van der Waals surface area contributed by atoms with Crippen LogP contribution in [0.2, 0.25) is 5.15 Å². The summed E-state index contributed by atoms with van der Waals surface area (Å²) in [6.45, 7) is 1.06. The Labute approximate surface area is 112 Å². The van der Waals surface area contributed by atoms with Gasteiger partial charge in [-0.25, -0.2) is 4.98 Å². The van der Waals surface area contributed by atoms with Gasteiger partial charge in [0, 0.05) is 18.9 Å². The van der Waals surface area contributed by atoms with E-state index in [2.05, 4.69) is 4.98 Å². The maximum atomic E-state index is 12.1. The summed E-state index contributed by atoms with van der Waals surface area (Å²) < 4.78 is 37.2. The molecule has 0 amide bonds. The minimum atomic E-state index is -4.26. The number of carbonyl (C=O) groups excluding carboxylic acids is 1. The van der Waals surface area contributed by atoms with E-state index >= 15 is 0 Å². The Hall–Kier alpha value is -1.37. The van der Waals surface area contributed by atoms with Gasteiger partial charge in [-0.1, -0.05) is 11.6 Å². The molecule has 19 heavy (non-hydrogen) atoms. The van der Waals surface area contributed by atoms with Crippen molar-refractivity contribution in [3.63, 3.8) is 0 Å². The number of halogens is 4. The van der Waals surface area contributed by atoms with Crippen molar-refractivity contribution in [3.8, 4) is 0 Å². The van der Waals surface area contributed by atoms with Crippen LogP contribution in [-0.4, -0.2) is 21.5 Å². The van der Waals surface area contributed by atoms with Crippen molar-refractivity contribution in [1.29, 1.82) is 0 Å². The molecular formula is C11H12ClF3N2O2. The highest BCUT2D eigenvalue weighted by Gasteiger charge is 2.26. The van der Waals surface area contributed by atoms with E-state index in [0.29, 0.717) is 0 Å². The molecular weight excluding hydrogens is 285 g/mol. The van der Waals surface area contributed by atoms with E-state index in [4.69, 9.17) is 11.6 Å². The Morgan fingerprint density at radius 1 is 1.47 bits per heavy atom. The molecule has 1 aromatic heterocycles. The number of rotatable bonds is 5. The predicted octanol–water partition coefficient (Wildman–Crippen LogP) is 2.37. The molecule has 0 unspecified atom stereocenters. The Kier molecular flexibility index (Phi) is 5.11. The number of carbonyl (C=O) groups is 1. The van der Waals surface area contributed by atoms with Crippen LogP contribution in [0.4, 0.5) is 13.2 Å². The largest absolute Gasteiger partial charge is 0.389 e. The van der Waals surface area contributed by atoms with E-state index in [-0.39, 0.29) is 36.1 Å². The fraction of sp³-hybridized carbons (Fsp3) is 0.545. The Balaban J connectivity index is 2.91. The summed E-state index contributed by atoms with van der Waals surface area (Å²) in [6.07, 6.45) is -5.52. The van der Waals surface area contributed by atoms with Crippen LogP contribution >= 0.6 is 11.6 Å². The first-order valence-electron chi connectivity index (χ1n) is 5.51. The van der Waals surface area contributed by atoms with Crippen LogP contribution < -0.4 is 5.56 Å². The van der Waals surface area contributed by atoms with E-state index in [1.54, 1.807) is 0 Å². The molecule has 1 heterocycles. The number of aromatic nitrogens is 2. The third-order valence-corrected chi connectivity index (χ3v) is 2.49. The fourth-order valence-corrected chi connectivity index (χ4v) is 1.74. The molecule has 0 N–H and O–H groups in total. The maximum absolute atomic E-state index is 12.1. The van der Waals surface area contributed by atoms with Gasteiger partial charge in [0.05, 0.1) is 6.54 Å². The van der Waals surface area contributed by atoms with Crippen LogP contribution in [0.15, 0.2) is 10.9 Å². The van der Waals surface area contributed by atoms with Crippen LogP contribution in [0, 0.1) is 0 Å². The monoisotopic (exact) mass is 296 g/mol. The number of aryl methyl sites for hydroxylation is 1. The van der Waals surface area contributed by atoms with E-state index in [1.165, 1.54) is 6.92 Å². The lowest BCUT2D eigenvalue weighted by atomic mass is 10.2. The zero-order valence-corrected chi connectivity index (χ0v) is 10.9. The van der Waals surface area contributed by atoms with Gasteiger partial charge in [-0.3, -0.25) is 14.2 Å². The van der Waals surface area contributed by atoms with Crippen molar-refractivity contribution in [2.24, 2.45) is 0 Å². The molecule has 8 heteroatoms. The molecule has 0 saturated carbocycles. The predicted molar refractivity (Wildman–Crippen MR) is 63.2 cm³/mol. The topological polar surface area (TPSA) is 52.0 Å². The van der Waals surface area contributed by atoms with Crippen molar-refractivity contribution in [2.75, 3.05) is 0 Å². The molecule has 0 saturated heterocycles. The summed E-state index contributed by atoms with van der Waals surface area (Å²) in [5.41, 5.74) is -0.544. The number of nitrogens with zero attached hydrogens (tertiary/aromatic N) is 2. The minimum absolute atomic E-state index is 0.0669. The van der Waals surface area contributed by atoms with Crippen molar-refractivity contribution in [2.45, 2.75) is 38.9 Å². The first-order valence-corrected chi connectivity index (χ1v) is 5.89. The summed E-state index contributed by atoms with van der Waals surface area (Å²) in [5.74, 6) is -0.194. The van der Waals surface area contributed by atoms with Gasteiger partial charge in [0.1, 0.15) is 16.8 Å². The van der Waals surface area contributed by atoms with Crippen molar-refractivity contribution < 1.29 is 18.0 Å². The standard InChI is InChI=1S/C11H12ClF3N2O2/c1-7(18)6-17-9(3-2-4-11(13,14)15)16-8(12)5-10(17)19/h5H,2-4,6H2,1H3. The molecule has 0 aromatic carbocycles. The van der Waals surface area contributed by atoms with Crippen molar-refractivity contribution in [1.82, 2.24) is 9.55 Å². The van der Waals surface area contributed by atoms with E-state index < -0.39 is 18.2 Å². The molecule has 0 bridgehead atoms. The molecule has 106 valence electrons. The van der Waals surface area contributed by atoms with E-state index in [1.807, 2.05) is 0 Å². The molecule has 0 aliphatic rings. The van der Waals surface area contributed by atoms with Gasteiger partial charge in [-0.2, -0.15) is 13.2 Å². The lowest BCUT2D eigenvalue weighted by molar-refractivity contribution is -0.135.